The third kappa shape index (κ3) is 12.0. The van der Waals surface area contributed by atoms with E-state index < -0.39 is 171 Å². The number of aliphatic hydroxyl groups excluding tert-OH is 1. The number of hydrogen-bond acceptors (Lipinski definition) is 19. The number of para-hydroxylation sites is 1. The van der Waals surface area contributed by atoms with E-state index in [2.05, 4.69) is 36.9 Å². The van der Waals surface area contributed by atoms with Crippen LogP contribution in [0.15, 0.2) is 146 Å². The number of halogens is 2. The van der Waals surface area contributed by atoms with Crippen LogP contribution in [-0.4, -0.2) is 112 Å². The van der Waals surface area contributed by atoms with Crippen molar-refractivity contribution in [2.45, 2.75) is 54.8 Å². The summed E-state index contributed by atoms with van der Waals surface area (Å²) in [7, 11) is 0. The number of phenolic OH excluding ortho intramolecular Hbond substituents is 6. The first-order chi connectivity index (χ1) is 46.9. The van der Waals surface area contributed by atoms with Crippen LogP contribution in [0.3, 0.4) is 0 Å². The lowest BCUT2D eigenvalue weighted by Crippen LogP contribution is -2.55. The summed E-state index contributed by atoms with van der Waals surface area (Å²) in [5.41, 5.74) is -2.11. The quantitative estimate of drug-likeness (QED) is 0.0640. The molecule has 30 heteroatoms. The van der Waals surface area contributed by atoms with Crippen LogP contribution in [0.5, 0.6) is 69.0 Å². The van der Waals surface area contributed by atoms with Crippen molar-refractivity contribution in [2.75, 3.05) is 4.90 Å². The van der Waals surface area contributed by atoms with E-state index in [0.717, 1.165) is 83.8 Å². The number of carbonyl (C=O) groups excluding carboxylic acids is 8. The molecule has 98 heavy (non-hydrogen) atoms. The number of aromatic amines is 1. The number of aromatic hydroxyl groups is 6. The Bertz CT molecular complexity index is 4930. The Balaban J connectivity index is 1.01. The Morgan fingerprint density at radius 2 is 1.14 bits per heavy atom. The molecular weight excluding hydrogens is 1320 g/mol. The van der Waals surface area contributed by atoms with Gasteiger partial charge < -0.3 is 91.9 Å². The van der Waals surface area contributed by atoms with Gasteiger partial charge in [0.25, 0.3) is 5.91 Å². The number of H-pyrrole nitrogens is 1. The molecule has 496 valence electrons. The molecule has 0 saturated carbocycles. The average Bonchev–Trinajstić information content (AvgIpc) is 1.09. The summed E-state index contributed by atoms with van der Waals surface area (Å²) < 4.78 is 18.7. The number of ether oxygens (including phenoxy) is 3. The van der Waals surface area contributed by atoms with E-state index in [-0.39, 0.29) is 72.6 Å². The normalized spacial score (nSPS) is 20.6. The molecule has 0 aliphatic carbocycles. The minimum Gasteiger partial charge on any atom is -0.508 e. The maximum atomic E-state index is 15.9. The highest BCUT2D eigenvalue weighted by Crippen LogP contribution is 2.49. The van der Waals surface area contributed by atoms with Gasteiger partial charge in [0.05, 0.1) is 15.7 Å². The molecule has 7 amide bonds. The highest BCUT2D eigenvalue weighted by atomic mass is 35.5. The fourth-order valence-corrected chi connectivity index (χ4v) is 12.6. The molecule has 15 N–H and O–H groups in total. The number of rotatable bonds is 4. The summed E-state index contributed by atoms with van der Waals surface area (Å²) in [6.45, 7) is 0. The Hall–Kier alpha value is -12.5. The van der Waals surface area contributed by atoms with Gasteiger partial charge in [-0.15, -0.1) is 0 Å². The second-order valence-corrected chi connectivity index (χ2v) is 23.9. The summed E-state index contributed by atoms with van der Waals surface area (Å²) in [6.07, 6.45) is -1.33. The van der Waals surface area contributed by atoms with Crippen LogP contribution in [0.25, 0.3) is 22.0 Å². The van der Waals surface area contributed by atoms with E-state index in [4.69, 9.17) is 37.4 Å². The van der Waals surface area contributed by atoms with Crippen LogP contribution in [0.4, 0.5) is 5.69 Å². The van der Waals surface area contributed by atoms with E-state index in [0.29, 0.717) is 10.9 Å². The third-order valence-corrected chi connectivity index (χ3v) is 17.4. The van der Waals surface area contributed by atoms with E-state index in [1.807, 2.05) is 0 Å². The number of carbonyl (C=O) groups is 9. The van der Waals surface area contributed by atoms with Crippen molar-refractivity contribution in [3.05, 3.63) is 195 Å². The summed E-state index contributed by atoms with van der Waals surface area (Å²) in [5, 5.41) is 107. The molecule has 0 spiro atoms. The van der Waals surface area contributed by atoms with Gasteiger partial charge in [-0.25, -0.2) is 4.79 Å². The summed E-state index contributed by atoms with van der Waals surface area (Å²) >= 11 is 13.8. The number of carboxylic acid groups (broad SMARTS) is 1. The predicted molar refractivity (Wildman–Crippen MR) is 343 cm³/mol. The number of nitrogens with one attached hydrogen (secondary N) is 7. The van der Waals surface area contributed by atoms with Crippen LogP contribution < -0.4 is 51.0 Å². The number of amides is 7. The maximum Gasteiger partial charge on any atom is 0.330 e. The van der Waals surface area contributed by atoms with E-state index in [1.54, 1.807) is 24.3 Å². The fraction of sp³-hybridized carbons (Fsp3) is 0.132. The largest absolute Gasteiger partial charge is 0.508 e. The van der Waals surface area contributed by atoms with Crippen molar-refractivity contribution < 1.29 is 98.2 Å². The van der Waals surface area contributed by atoms with Crippen LogP contribution >= 0.6 is 23.2 Å². The van der Waals surface area contributed by atoms with Gasteiger partial charge in [0, 0.05) is 52.3 Å². The molecule has 28 nitrogen and oxygen atoms in total. The molecule has 6 aliphatic rings. The Morgan fingerprint density at radius 1 is 0.531 bits per heavy atom. The minimum atomic E-state index is -2.25. The Kier molecular flexibility index (Phi) is 16.6. The van der Waals surface area contributed by atoms with Crippen LogP contribution in [0, 0.1) is 0 Å². The van der Waals surface area contributed by atoms with Gasteiger partial charge in [-0.05, 0) is 118 Å². The fourth-order valence-electron chi connectivity index (χ4n) is 12.2. The molecule has 0 saturated heterocycles. The topological polar surface area (TPSA) is 434 Å². The van der Waals surface area contributed by atoms with Gasteiger partial charge in [-0.1, -0.05) is 65.7 Å². The molecular formula is C68H50Cl2N8O20. The van der Waals surface area contributed by atoms with Crippen molar-refractivity contribution in [3.8, 4) is 80.1 Å². The number of phenols is 6. The first-order valence-electron chi connectivity index (χ1n) is 29.5. The predicted octanol–water partition coefficient (Wildman–Crippen LogP) is 6.74. The number of aliphatic carboxylic acids is 1. The first kappa shape index (κ1) is 64.2. The highest BCUT2D eigenvalue weighted by Gasteiger charge is 2.43. The Morgan fingerprint density at radius 3 is 1.84 bits per heavy atom. The zero-order chi connectivity index (χ0) is 69.3. The number of aldehydes is 1. The van der Waals surface area contributed by atoms with Crippen molar-refractivity contribution in [1.82, 2.24) is 36.9 Å². The SMILES string of the molecule is O=CC(=O)N(c1c[nH]c2ccccc12)[C@@H]1C(=O)N[C@@H]2Cc3ccc(c(Cl)c3)Oc3cc4cc(c3O)Oc3ccc(cc3Cl)[C@@H](O)[C@@H]3NC(=O)[C@H](NC(=O)[C@@H]4NC(=O)[C@@H](NC2=O)c2cc(O)cc(c2)Oc2cc1ccc2O)c1ccc(O)c(c1)-c1c(O)cc(O)cc1[C@@H](C(=O)O)NC3=O. The molecule has 0 fully saturated rings. The number of fused-ring (bicyclic) bond motifs is 15. The van der Waals surface area contributed by atoms with Crippen LogP contribution in [0.2, 0.25) is 10.0 Å². The molecule has 7 heterocycles. The molecule has 1 aromatic heterocycles. The minimum absolute atomic E-state index is 0.0114. The molecule has 17 bridgehead atoms. The Labute approximate surface area is 560 Å². The van der Waals surface area contributed by atoms with E-state index >= 15 is 24.0 Å². The molecule has 6 aliphatic heterocycles. The molecule has 8 atom stereocenters. The van der Waals surface area contributed by atoms with Gasteiger partial charge in [-0.3, -0.25) is 43.3 Å². The van der Waals surface area contributed by atoms with Gasteiger partial charge in [0.15, 0.2) is 29.0 Å². The van der Waals surface area contributed by atoms with Crippen LogP contribution in [-0.2, 0) is 49.6 Å². The zero-order valence-electron chi connectivity index (χ0n) is 49.9. The lowest BCUT2D eigenvalue weighted by Gasteiger charge is -2.32. The van der Waals surface area contributed by atoms with Gasteiger partial charge in [0.2, 0.25) is 47.5 Å². The van der Waals surface area contributed by atoms with Crippen molar-refractivity contribution in [2.24, 2.45) is 0 Å². The second kappa shape index (κ2) is 25.3. The lowest BCUT2D eigenvalue weighted by molar-refractivity contribution is -0.143. The second-order valence-electron chi connectivity index (χ2n) is 23.1. The molecule has 8 aromatic carbocycles. The third-order valence-electron chi connectivity index (χ3n) is 16.8. The van der Waals surface area contributed by atoms with Crippen LogP contribution in [0.1, 0.15) is 75.3 Å². The number of nitrogens with zero attached hydrogens (tertiary/aromatic N) is 1. The number of carboxylic acids is 1. The summed E-state index contributed by atoms with van der Waals surface area (Å²) in [5.74, 6) is -17.5. The van der Waals surface area contributed by atoms with Crippen molar-refractivity contribution in [3.63, 3.8) is 0 Å². The number of hydrogen-bond donors (Lipinski definition) is 15. The standard InChI is InChI=1S/C68H50Cl2N8O20/c69-39-13-27-5-11-47(39)97-50-20-32-21-51(61(50)87)98-48-12-8-30(18-40(48)70)60(86)58-66(92)76-57(68(94)95)38-23-34(81)24-46(84)53(38)37-17-28(6-9-44(37)82)54(63(89)77-58)74-65(91)56(32)75-64(90)55-31-15-33(80)22-35(16-31)96-49-19-29(7-10-45(49)83)59(67(93)72-42(14-27)62(88)73-55)78(52(85)26-79)43-25-71-41-4-2-1-3-36(41)43/h1-13,15-26,42,54-60,71,80-84,86-87H,14H2,(H,72,93)(H,73,88)(H,74,91)(H,75,90)(H,76,92)(H,77,89)(H,94,95)/t42-,54-,55+,56-,57+,58+,59+,60-/m1/s1. The van der Waals surface area contributed by atoms with Gasteiger partial charge in [-0.2, -0.15) is 0 Å². The zero-order valence-corrected chi connectivity index (χ0v) is 51.5. The summed E-state index contributed by atoms with van der Waals surface area (Å²) in [6, 6.07) is 13.1. The van der Waals surface area contributed by atoms with E-state index in [1.165, 1.54) is 42.6 Å². The average molecular weight is 1370 g/mol. The molecule has 0 radical (unpaired) electrons. The molecule has 15 rings (SSSR count). The van der Waals surface area contributed by atoms with E-state index in [9.17, 15) is 60.0 Å². The lowest BCUT2D eigenvalue weighted by atomic mass is 9.89. The summed E-state index contributed by atoms with van der Waals surface area (Å²) in [4.78, 5) is 137. The number of benzene rings is 8. The van der Waals surface area contributed by atoms with Gasteiger partial charge >= 0.3 is 5.97 Å². The smallest absolute Gasteiger partial charge is 0.330 e. The number of anilines is 1. The van der Waals surface area contributed by atoms with Crippen molar-refractivity contribution >= 4 is 93.4 Å². The molecule has 9 aromatic rings. The monoisotopic (exact) mass is 1370 g/mol. The highest BCUT2D eigenvalue weighted by molar-refractivity contribution is 6.33. The molecule has 0 unspecified atom stereocenters. The van der Waals surface area contributed by atoms with Crippen molar-refractivity contribution in [1.29, 1.82) is 0 Å². The number of aromatic nitrogens is 1. The first-order valence-corrected chi connectivity index (χ1v) is 30.3. The maximum absolute atomic E-state index is 15.9. The number of aliphatic hydroxyl groups is 1. The van der Waals surface area contributed by atoms with Gasteiger partial charge in [0.1, 0.15) is 82.6 Å².